The monoisotopic (exact) mass is 388 g/mol. The maximum atomic E-state index is 13.2. The molecule has 0 saturated carbocycles. The van der Waals surface area contributed by atoms with E-state index in [0.717, 1.165) is 18.4 Å². The lowest BCUT2D eigenvalue weighted by molar-refractivity contribution is 0.0588. The number of aromatic nitrogens is 2. The van der Waals surface area contributed by atoms with E-state index < -0.39 is 10.0 Å². The smallest absolute Gasteiger partial charge is 0.254 e. The largest absolute Gasteiger partial charge is 0.334 e. The molecule has 2 bridgehead atoms. The van der Waals surface area contributed by atoms with Gasteiger partial charge in [0, 0.05) is 43.6 Å². The zero-order chi connectivity index (χ0) is 19.0. The number of sulfonamides is 1. The van der Waals surface area contributed by atoms with E-state index >= 15 is 0 Å². The van der Waals surface area contributed by atoms with Gasteiger partial charge in [0.05, 0.1) is 12.8 Å². The molecular weight excluding hydrogens is 364 g/mol. The van der Waals surface area contributed by atoms with Crippen molar-refractivity contribution >= 4 is 15.9 Å². The van der Waals surface area contributed by atoms with E-state index in [1.165, 1.54) is 10.6 Å². The summed E-state index contributed by atoms with van der Waals surface area (Å²) in [5.74, 6) is 0.192. The number of carbonyl (C=O) groups is 1. The van der Waals surface area contributed by atoms with Crippen LogP contribution in [0.2, 0.25) is 0 Å². The fourth-order valence-corrected chi connectivity index (χ4v) is 5.03. The van der Waals surface area contributed by atoms with Crippen LogP contribution in [0.3, 0.4) is 0 Å². The van der Waals surface area contributed by atoms with E-state index in [9.17, 15) is 13.2 Å². The molecule has 7 nitrogen and oxygen atoms in total. The molecule has 8 heteroatoms. The topological polar surface area (TPSA) is 75.5 Å². The van der Waals surface area contributed by atoms with Crippen molar-refractivity contribution in [2.45, 2.75) is 25.4 Å². The standard InChI is InChI=1S/C19H24N4O3S/c1-27(25,26)22-12-16-6-7-18(14-22)23(13-16)19(24)17-5-2-4-15(10-17)11-21-9-3-8-20-21/h2-5,8-10,16,18H,6-7,11-14H2,1H3/t16-,18+/m1/s1. The van der Waals surface area contributed by atoms with E-state index in [2.05, 4.69) is 5.10 Å². The number of amides is 1. The summed E-state index contributed by atoms with van der Waals surface area (Å²) in [5, 5.41) is 4.21. The van der Waals surface area contributed by atoms with Crippen LogP contribution in [0.25, 0.3) is 0 Å². The van der Waals surface area contributed by atoms with E-state index in [-0.39, 0.29) is 17.9 Å². The van der Waals surface area contributed by atoms with Gasteiger partial charge in [-0.25, -0.2) is 8.42 Å². The first-order valence-electron chi connectivity index (χ1n) is 9.22. The molecular formula is C19H24N4O3S. The summed E-state index contributed by atoms with van der Waals surface area (Å²) in [4.78, 5) is 15.1. The Morgan fingerprint density at radius 3 is 2.78 bits per heavy atom. The normalized spacial score (nSPS) is 23.4. The third-order valence-electron chi connectivity index (χ3n) is 5.49. The van der Waals surface area contributed by atoms with Gasteiger partial charge in [0.15, 0.2) is 0 Å². The van der Waals surface area contributed by atoms with Crippen LogP contribution < -0.4 is 0 Å². The van der Waals surface area contributed by atoms with Gasteiger partial charge in [-0.15, -0.1) is 0 Å². The Morgan fingerprint density at radius 1 is 1.19 bits per heavy atom. The fraction of sp³-hybridized carbons (Fsp3) is 0.474. The van der Waals surface area contributed by atoms with Crippen LogP contribution in [0.5, 0.6) is 0 Å². The number of hydrogen-bond donors (Lipinski definition) is 0. The lowest BCUT2D eigenvalue weighted by Crippen LogP contribution is -2.47. The van der Waals surface area contributed by atoms with Gasteiger partial charge in [-0.05, 0) is 42.5 Å². The SMILES string of the molecule is CS(=O)(=O)N1C[C@H]2CC[C@@H](C1)N(C(=O)c1cccc(Cn3cccn3)c1)C2. The van der Waals surface area contributed by atoms with E-state index in [4.69, 9.17) is 0 Å². The van der Waals surface area contributed by atoms with E-state index in [1.54, 1.807) is 6.20 Å². The first-order valence-corrected chi connectivity index (χ1v) is 11.1. The molecule has 3 aliphatic heterocycles. The highest BCUT2D eigenvalue weighted by Gasteiger charge is 2.39. The number of piperidine rings is 1. The predicted molar refractivity (Wildman–Crippen MR) is 102 cm³/mol. The molecule has 0 spiro atoms. The van der Waals surface area contributed by atoms with Crippen LogP contribution >= 0.6 is 0 Å². The van der Waals surface area contributed by atoms with Gasteiger partial charge >= 0.3 is 0 Å². The molecule has 3 aliphatic rings. The summed E-state index contributed by atoms with van der Waals surface area (Å²) in [5.41, 5.74) is 1.67. The maximum absolute atomic E-state index is 13.2. The predicted octanol–water partition coefficient (Wildman–Crippen LogP) is 1.43. The van der Waals surface area contributed by atoms with Gasteiger partial charge in [0.25, 0.3) is 5.91 Å². The molecule has 0 N–H and O–H groups in total. The summed E-state index contributed by atoms with van der Waals surface area (Å²) < 4.78 is 27.4. The van der Waals surface area contributed by atoms with Crippen LogP contribution in [0.15, 0.2) is 42.7 Å². The highest BCUT2D eigenvalue weighted by Crippen LogP contribution is 2.30. The zero-order valence-corrected chi connectivity index (χ0v) is 16.2. The Labute approximate surface area is 159 Å². The molecule has 3 saturated heterocycles. The van der Waals surface area contributed by atoms with Crippen LogP contribution in [0, 0.1) is 5.92 Å². The van der Waals surface area contributed by atoms with Crippen LogP contribution in [-0.4, -0.2) is 65.2 Å². The summed E-state index contributed by atoms with van der Waals surface area (Å²) in [6.45, 7) is 2.15. The fourth-order valence-electron chi connectivity index (χ4n) is 4.11. The van der Waals surface area contributed by atoms with Crippen molar-refractivity contribution in [3.8, 4) is 0 Å². The number of hydrogen-bond acceptors (Lipinski definition) is 4. The van der Waals surface area contributed by atoms with Crippen LogP contribution in [0.1, 0.15) is 28.8 Å². The van der Waals surface area contributed by atoms with Gasteiger partial charge in [0.2, 0.25) is 10.0 Å². The second-order valence-electron chi connectivity index (χ2n) is 7.54. The van der Waals surface area contributed by atoms with E-state index in [1.807, 2.05) is 46.1 Å². The molecule has 1 amide bonds. The number of rotatable bonds is 4. The molecule has 4 heterocycles. The molecule has 2 aromatic rings. The van der Waals surface area contributed by atoms with Crippen molar-refractivity contribution in [2.75, 3.05) is 25.9 Å². The quantitative estimate of drug-likeness (QED) is 0.794. The van der Waals surface area contributed by atoms with Gasteiger partial charge in [-0.1, -0.05) is 12.1 Å². The van der Waals surface area contributed by atoms with Crippen molar-refractivity contribution in [1.29, 1.82) is 0 Å². The number of carbonyl (C=O) groups excluding carboxylic acids is 1. The summed E-state index contributed by atoms with van der Waals surface area (Å²) in [7, 11) is -3.24. The Morgan fingerprint density at radius 2 is 2.04 bits per heavy atom. The summed E-state index contributed by atoms with van der Waals surface area (Å²) in [6, 6.07) is 9.44. The molecule has 1 aromatic carbocycles. The Balaban J connectivity index is 1.54. The molecule has 144 valence electrons. The highest BCUT2D eigenvalue weighted by molar-refractivity contribution is 7.88. The number of nitrogens with zero attached hydrogens (tertiary/aromatic N) is 4. The van der Waals surface area contributed by atoms with Gasteiger partial charge < -0.3 is 4.90 Å². The average molecular weight is 388 g/mol. The van der Waals surface area contributed by atoms with Crippen molar-refractivity contribution in [1.82, 2.24) is 19.0 Å². The van der Waals surface area contributed by atoms with Crippen LogP contribution in [-0.2, 0) is 16.6 Å². The van der Waals surface area contributed by atoms with E-state index in [0.29, 0.717) is 31.7 Å². The van der Waals surface area contributed by atoms with Crippen molar-refractivity contribution in [3.63, 3.8) is 0 Å². The molecule has 0 radical (unpaired) electrons. The zero-order valence-electron chi connectivity index (χ0n) is 15.4. The lowest BCUT2D eigenvalue weighted by Gasteiger charge is -2.36. The van der Waals surface area contributed by atoms with Crippen molar-refractivity contribution < 1.29 is 13.2 Å². The molecule has 5 rings (SSSR count). The Bertz CT molecular complexity index is 926. The minimum Gasteiger partial charge on any atom is -0.334 e. The minimum absolute atomic E-state index is 0.0117. The first kappa shape index (κ1) is 18.2. The third kappa shape index (κ3) is 3.91. The number of fused-ring (bicyclic) bond motifs is 4. The minimum atomic E-state index is -3.24. The number of benzene rings is 1. The molecule has 2 atom stereocenters. The molecule has 3 fully saturated rings. The summed E-state index contributed by atoms with van der Waals surface area (Å²) in [6.07, 6.45) is 6.70. The second-order valence-corrected chi connectivity index (χ2v) is 9.52. The molecule has 1 aromatic heterocycles. The lowest BCUT2D eigenvalue weighted by atomic mass is 9.94. The summed E-state index contributed by atoms with van der Waals surface area (Å²) >= 11 is 0. The maximum Gasteiger partial charge on any atom is 0.254 e. The second kappa shape index (κ2) is 7.09. The van der Waals surface area contributed by atoms with Crippen molar-refractivity contribution in [2.24, 2.45) is 5.92 Å². The average Bonchev–Trinajstić information content (AvgIpc) is 2.96. The molecule has 0 unspecified atom stereocenters. The van der Waals surface area contributed by atoms with Crippen molar-refractivity contribution in [3.05, 3.63) is 53.9 Å². The van der Waals surface area contributed by atoms with Gasteiger partial charge in [-0.2, -0.15) is 9.40 Å². The first-order chi connectivity index (χ1) is 12.9. The highest BCUT2D eigenvalue weighted by atomic mass is 32.2. The molecule has 0 aliphatic carbocycles. The van der Waals surface area contributed by atoms with Gasteiger partial charge in [-0.3, -0.25) is 9.48 Å². The molecule has 27 heavy (non-hydrogen) atoms. The third-order valence-corrected chi connectivity index (χ3v) is 6.72. The van der Waals surface area contributed by atoms with Crippen LogP contribution in [0.4, 0.5) is 0 Å². The Hall–Kier alpha value is -2.19. The Kier molecular flexibility index (Phi) is 4.77. The van der Waals surface area contributed by atoms with Gasteiger partial charge in [0.1, 0.15) is 0 Å².